The molecule has 2 heterocycles. The van der Waals surface area contributed by atoms with E-state index < -0.39 is 0 Å². The van der Waals surface area contributed by atoms with Gasteiger partial charge >= 0.3 is 0 Å². The molecule has 120 valence electrons. The van der Waals surface area contributed by atoms with Crippen molar-refractivity contribution in [1.29, 1.82) is 5.26 Å². The van der Waals surface area contributed by atoms with Gasteiger partial charge in [0.05, 0.1) is 29.6 Å². The number of hydrogen-bond acceptors (Lipinski definition) is 3. The zero-order valence-corrected chi connectivity index (χ0v) is 13.7. The van der Waals surface area contributed by atoms with Gasteiger partial charge in [-0.3, -0.25) is 4.79 Å². The van der Waals surface area contributed by atoms with Crippen LogP contribution in [0.4, 0.5) is 11.4 Å². The molecule has 2 aliphatic heterocycles. The molecule has 0 aliphatic carbocycles. The number of nitriles is 1. The Morgan fingerprint density at radius 2 is 2.08 bits per heavy atom. The van der Waals surface area contributed by atoms with E-state index in [9.17, 15) is 10.1 Å². The standard InChI is InChI=1S/C20H19N3O/c1-14-4-2-5-16(10-14)13-23-19-11-15(12-21)7-8-17(19)22-9-3-6-18(22)20(23)24/h2,4-5,7-8,10-11,18H,3,6,9,13H2,1H3/t18-/m1/s1. The molecule has 0 spiro atoms. The first kappa shape index (κ1) is 14.8. The Labute approximate surface area is 141 Å². The number of hydrogen-bond donors (Lipinski definition) is 0. The minimum absolute atomic E-state index is 0.0600. The monoisotopic (exact) mass is 317 g/mol. The zero-order chi connectivity index (χ0) is 16.7. The summed E-state index contributed by atoms with van der Waals surface area (Å²) >= 11 is 0. The molecule has 0 radical (unpaired) electrons. The van der Waals surface area contributed by atoms with Gasteiger partial charge in [0, 0.05) is 6.54 Å². The quantitative estimate of drug-likeness (QED) is 0.853. The van der Waals surface area contributed by atoms with Gasteiger partial charge in [0.25, 0.3) is 0 Å². The van der Waals surface area contributed by atoms with Crippen LogP contribution in [0.1, 0.15) is 29.5 Å². The minimum atomic E-state index is -0.0600. The number of fused-ring (bicyclic) bond motifs is 3. The van der Waals surface area contributed by atoms with Crippen LogP contribution in [0.25, 0.3) is 0 Å². The molecule has 0 aromatic heterocycles. The lowest BCUT2D eigenvalue weighted by Gasteiger charge is -2.39. The SMILES string of the molecule is Cc1cccc(CN2C(=O)[C@H]3CCCN3c3ccc(C#N)cc32)c1. The van der Waals surface area contributed by atoms with E-state index in [0.717, 1.165) is 36.3 Å². The molecule has 2 aliphatic rings. The third kappa shape index (κ3) is 2.33. The molecule has 2 aromatic carbocycles. The highest BCUT2D eigenvalue weighted by molar-refractivity contribution is 6.06. The topological polar surface area (TPSA) is 47.3 Å². The van der Waals surface area contributed by atoms with E-state index in [-0.39, 0.29) is 11.9 Å². The van der Waals surface area contributed by atoms with Crippen LogP contribution in [-0.2, 0) is 11.3 Å². The van der Waals surface area contributed by atoms with Crippen molar-refractivity contribution < 1.29 is 4.79 Å². The summed E-state index contributed by atoms with van der Waals surface area (Å²) in [5.41, 5.74) is 4.82. The van der Waals surface area contributed by atoms with Gasteiger partial charge in [-0.25, -0.2) is 0 Å². The highest BCUT2D eigenvalue weighted by Gasteiger charge is 2.40. The van der Waals surface area contributed by atoms with E-state index in [1.54, 1.807) is 0 Å². The average Bonchev–Trinajstić information content (AvgIpc) is 3.08. The summed E-state index contributed by atoms with van der Waals surface area (Å²) < 4.78 is 0. The molecule has 1 fully saturated rings. The lowest BCUT2D eigenvalue weighted by molar-refractivity contribution is -0.120. The maximum absolute atomic E-state index is 13.1. The predicted octanol–water partition coefficient (Wildman–Crippen LogP) is 3.38. The molecule has 0 unspecified atom stereocenters. The molecule has 1 atom stereocenters. The third-order valence-corrected chi connectivity index (χ3v) is 4.93. The number of anilines is 2. The number of aryl methyl sites for hydroxylation is 1. The number of carbonyl (C=O) groups excluding carboxylic acids is 1. The van der Waals surface area contributed by atoms with Crippen molar-refractivity contribution in [3.63, 3.8) is 0 Å². The molecule has 0 bridgehead atoms. The van der Waals surface area contributed by atoms with Crippen LogP contribution in [-0.4, -0.2) is 18.5 Å². The molecule has 2 aromatic rings. The fourth-order valence-electron chi connectivity index (χ4n) is 3.82. The smallest absolute Gasteiger partial charge is 0.250 e. The van der Waals surface area contributed by atoms with E-state index in [1.165, 1.54) is 5.56 Å². The highest BCUT2D eigenvalue weighted by Crippen LogP contribution is 2.41. The van der Waals surface area contributed by atoms with Crippen LogP contribution < -0.4 is 9.80 Å². The highest BCUT2D eigenvalue weighted by atomic mass is 16.2. The Bertz CT molecular complexity index is 852. The summed E-state index contributed by atoms with van der Waals surface area (Å²) in [5, 5.41) is 9.24. The normalized spacial score (nSPS) is 19.0. The van der Waals surface area contributed by atoms with Crippen molar-refractivity contribution in [3.8, 4) is 6.07 Å². The summed E-state index contributed by atoms with van der Waals surface area (Å²) in [6, 6.07) is 16.0. The maximum atomic E-state index is 13.1. The van der Waals surface area contributed by atoms with Crippen molar-refractivity contribution in [2.75, 3.05) is 16.3 Å². The molecule has 0 N–H and O–H groups in total. The van der Waals surface area contributed by atoms with E-state index in [1.807, 2.05) is 29.2 Å². The first-order valence-corrected chi connectivity index (χ1v) is 8.35. The number of carbonyl (C=O) groups is 1. The average molecular weight is 317 g/mol. The summed E-state index contributed by atoms with van der Waals surface area (Å²) in [6.07, 6.45) is 1.94. The van der Waals surface area contributed by atoms with E-state index >= 15 is 0 Å². The molecular formula is C20H19N3O. The van der Waals surface area contributed by atoms with Crippen molar-refractivity contribution in [1.82, 2.24) is 0 Å². The zero-order valence-electron chi connectivity index (χ0n) is 13.7. The van der Waals surface area contributed by atoms with Gasteiger partial charge in [-0.2, -0.15) is 5.26 Å². The van der Waals surface area contributed by atoms with Crippen molar-refractivity contribution in [2.24, 2.45) is 0 Å². The van der Waals surface area contributed by atoms with Gasteiger partial charge in [-0.1, -0.05) is 29.8 Å². The summed E-state index contributed by atoms with van der Waals surface area (Å²) in [4.78, 5) is 17.1. The Balaban J connectivity index is 1.79. The second-order valence-electron chi connectivity index (χ2n) is 6.58. The molecule has 4 heteroatoms. The minimum Gasteiger partial charge on any atom is -0.358 e. The van der Waals surface area contributed by atoms with Crippen LogP contribution in [0.15, 0.2) is 42.5 Å². The number of nitrogens with zero attached hydrogens (tertiary/aromatic N) is 3. The Morgan fingerprint density at radius 3 is 2.88 bits per heavy atom. The van der Waals surface area contributed by atoms with Crippen LogP contribution in [0.2, 0.25) is 0 Å². The molecule has 0 saturated carbocycles. The largest absolute Gasteiger partial charge is 0.358 e. The van der Waals surface area contributed by atoms with Crippen LogP contribution in [0, 0.1) is 18.3 Å². The fraction of sp³-hybridized carbons (Fsp3) is 0.300. The second-order valence-corrected chi connectivity index (χ2v) is 6.58. The van der Waals surface area contributed by atoms with E-state index in [2.05, 4.69) is 36.1 Å². The van der Waals surface area contributed by atoms with Crippen molar-refractivity contribution in [3.05, 3.63) is 59.2 Å². The lowest BCUT2D eigenvalue weighted by Crippen LogP contribution is -2.50. The van der Waals surface area contributed by atoms with E-state index in [0.29, 0.717) is 12.1 Å². The fourth-order valence-corrected chi connectivity index (χ4v) is 3.82. The molecular weight excluding hydrogens is 298 g/mol. The first-order valence-electron chi connectivity index (χ1n) is 8.35. The first-order chi connectivity index (χ1) is 11.7. The molecule has 24 heavy (non-hydrogen) atoms. The Morgan fingerprint density at radius 1 is 1.21 bits per heavy atom. The van der Waals surface area contributed by atoms with Gasteiger partial charge in [-0.15, -0.1) is 0 Å². The second kappa shape index (κ2) is 5.68. The maximum Gasteiger partial charge on any atom is 0.250 e. The number of benzene rings is 2. The van der Waals surface area contributed by atoms with Gasteiger partial charge in [0.1, 0.15) is 6.04 Å². The van der Waals surface area contributed by atoms with Gasteiger partial charge in [0.15, 0.2) is 0 Å². The van der Waals surface area contributed by atoms with Gasteiger partial charge < -0.3 is 9.80 Å². The van der Waals surface area contributed by atoms with Gasteiger partial charge in [-0.05, 0) is 43.5 Å². The molecule has 4 nitrogen and oxygen atoms in total. The Hall–Kier alpha value is -2.80. The Kier molecular flexibility index (Phi) is 3.50. The van der Waals surface area contributed by atoms with Crippen LogP contribution >= 0.6 is 0 Å². The number of amides is 1. The molecule has 1 saturated heterocycles. The molecule has 1 amide bonds. The molecule has 4 rings (SSSR count). The third-order valence-electron chi connectivity index (χ3n) is 4.93. The summed E-state index contributed by atoms with van der Waals surface area (Å²) in [7, 11) is 0. The van der Waals surface area contributed by atoms with Crippen molar-refractivity contribution in [2.45, 2.75) is 32.4 Å². The van der Waals surface area contributed by atoms with Gasteiger partial charge in [0.2, 0.25) is 5.91 Å². The predicted molar refractivity (Wildman–Crippen MR) is 93.9 cm³/mol. The van der Waals surface area contributed by atoms with Crippen LogP contribution in [0.3, 0.4) is 0 Å². The lowest BCUT2D eigenvalue weighted by atomic mass is 10.0. The van der Waals surface area contributed by atoms with Crippen LogP contribution in [0.5, 0.6) is 0 Å². The van der Waals surface area contributed by atoms with E-state index in [4.69, 9.17) is 0 Å². The summed E-state index contributed by atoms with van der Waals surface area (Å²) in [6.45, 7) is 3.52. The van der Waals surface area contributed by atoms with Crippen molar-refractivity contribution >= 4 is 17.3 Å². The number of rotatable bonds is 2. The summed E-state index contributed by atoms with van der Waals surface area (Å²) in [5.74, 6) is 0.150.